The summed E-state index contributed by atoms with van der Waals surface area (Å²) >= 11 is 0. The number of ether oxygens (including phenoxy) is 2. The fourth-order valence-electron chi connectivity index (χ4n) is 4.33. The normalized spacial score (nSPS) is 11.8. The van der Waals surface area contributed by atoms with Gasteiger partial charge in [0.05, 0.1) is 6.61 Å². The molecule has 0 unspecified atom stereocenters. The van der Waals surface area contributed by atoms with Gasteiger partial charge in [0, 0.05) is 48.5 Å². The average Bonchev–Trinajstić information content (AvgIpc) is 3.38. The minimum absolute atomic E-state index is 0.0580. The van der Waals surface area contributed by atoms with Crippen molar-refractivity contribution in [3.63, 3.8) is 0 Å². The van der Waals surface area contributed by atoms with Gasteiger partial charge in [0.1, 0.15) is 22.5 Å². The first-order chi connectivity index (χ1) is 20.2. The largest absolute Gasteiger partial charge is 0.453 e. The molecule has 0 radical (unpaired) electrons. The third-order valence-electron chi connectivity index (χ3n) is 6.29. The number of halogens is 2. The van der Waals surface area contributed by atoms with Crippen LogP contribution in [-0.2, 0) is 4.74 Å². The van der Waals surface area contributed by atoms with Crippen molar-refractivity contribution in [2.24, 2.45) is 0 Å². The van der Waals surface area contributed by atoms with E-state index in [9.17, 15) is 14.0 Å². The summed E-state index contributed by atoms with van der Waals surface area (Å²) in [5, 5.41) is 13.4. The summed E-state index contributed by atoms with van der Waals surface area (Å²) in [6.07, 6.45) is 3.06. The Bertz CT molecular complexity index is 1800. The van der Waals surface area contributed by atoms with Crippen molar-refractivity contribution in [1.29, 1.82) is 0 Å². The van der Waals surface area contributed by atoms with Crippen LogP contribution in [0, 0.1) is 18.6 Å². The molecule has 12 heteroatoms. The number of aromatic amines is 1. The minimum atomic E-state index is -0.742. The monoisotopic (exact) mass is 574 g/mol. The molecule has 0 aliphatic rings. The molecule has 1 amide bonds. The van der Waals surface area contributed by atoms with E-state index in [4.69, 9.17) is 9.47 Å². The van der Waals surface area contributed by atoms with E-state index < -0.39 is 23.1 Å². The molecule has 3 N–H and O–H groups in total. The fourth-order valence-corrected chi connectivity index (χ4v) is 4.33. The molecule has 0 bridgehead atoms. The standard InChI is InChI=1S/C30H28F2N6O4/c1-4-41-16-18(3)34-28-26-25(11-12-33-27(26)36-37-28)42-24-10-7-20(14-23(24)32)35-29(39)22-13-17(2)15-38(30(22)40)21-8-5-19(31)6-9-21/h5-15,18H,4,16H2,1-3H3,(H,35,39)(H2,33,34,36,37)/t18-/m0/s1. The zero-order chi connectivity index (χ0) is 29.8. The third kappa shape index (κ3) is 6.13. The predicted octanol–water partition coefficient (Wildman–Crippen LogP) is 5.58. The first kappa shape index (κ1) is 28.4. The molecule has 5 rings (SSSR count). The second-order valence-electron chi connectivity index (χ2n) is 9.59. The number of rotatable bonds is 10. The molecule has 5 aromatic rings. The van der Waals surface area contributed by atoms with Crippen molar-refractivity contribution in [1.82, 2.24) is 19.7 Å². The van der Waals surface area contributed by atoms with Crippen LogP contribution in [0.3, 0.4) is 0 Å². The molecule has 3 heterocycles. The summed E-state index contributed by atoms with van der Waals surface area (Å²) in [6.45, 7) is 6.61. The van der Waals surface area contributed by atoms with Crippen LogP contribution >= 0.6 is 0 Å². The highest BCUT2D eigenvalue weighted by Gasteiger charge is 2.18. The van der Waals surface area contributed by atoms with E-state index in [1.807, 2.05) is 13.8 Å². The average molecular weight is 575 g/mol. The lowest BCUT2D eigenvalue weighted by atomic mass is 10.1. The number of carbonyl (C=O) groups excluding carboxylic acids is 1. The molecule has 42 heavy (non-hydrogen) atoms. The van der Waals surface area contributed by atoms with Crippen LogP contribution in [0.25, 0.3) is 16.7 Å². The Morgan fingerprint density at radius 3 is 2.62 bits per heavy atom. The molecule has 0 saturated heterocycles. The molecular formula is C30H28F2N6O4. The third-order valence-corrected chi connectivity index (χ3v) is 6.29. The van der Waals surface area contributed by atoms with Gasteiger partial charge in [-0.2, -0.15) is 5.10 Å². The van der Waals surface area contributed by atoms with Crippen LogP contribution in [0.2, 0.25) is 0 Å². The van der Waals surface area contributed by atoms with Crippen LogP contribution in [0.4, 0.5) is 20.3 Å². The molecule has 1 atom stereocenters. The second-order valence-corrected chi connectivity index (χ2v) is 9.59. The number of nitrogens with one attached hydrogen (secondary N) is 3. The van der Waals surface area contributed by atoms with Gasteiger partial charge in [-0.05, 0) is 68.8 Å². The van der Waals surface area contributed by atoms with E-state index in [0.717, 1.165) is 6.07 Å². The zero-order valence-electron chi connectivity index (χ0n) is 23.1. The van der Waals surface area contributed by atoms with Crippen molar-refractivity contribution < 1.29 is 23.0 Å². The lowest BCUT2D eigenvalue weighted by Gasteiger charge is -2.14. The Hall–Kier alpha value is -5.10. The van der Waals surface area contributed by atoms with Crippen LogP contribution in [0.15, 0.2) is 71.8 Å². The van der Waals surface area contributed by atoms with Crippen LogP contribution < -0.4 is 20.9 Å². The molecule has 216 valence electrons. The smallest absolute Gasteiger partial charge is 0.267 e. The van der Waals surface area contributed by atoms with Gasteiger partial charge in [0.15, 0.2) is 23.0 Å². The number of carbonyl (C=O) groups is 1. The number of hydrogen-bond acceptors (Lipinski definition) is 7. The molecule has 0 aliphatic heterocycles. The maximum absolute atomic E-state index is 15.2. The van der Waals surface area contributed by atoms with Crippen molar-refractivity contribution >= 4 is 28.4 Å². The Balaban J connectivity index is 1.36. The molecular weight excluding hydrogens is 546 g/mol. The first-order valence-electron chi connectivity index (χ1n) is 13.2. The Morgan fingerprint density at radius 2 is 1.88 bits per heavy atom. The maximum atomic E-state index is 15.2. The van der Waals surface area contributed by atoms with Gasteiger partial charge < -0.3 is 20.1 Å². The van der Waals surface area contributed by atoms with Gasteiger partial charge in [-0.1, -0.05) is 0 Å². The van der Waals surface area contributed by atoms with Gasteiger partial charge in [-0.3, -0.25) is 19.3 Å². The highest BCUT2D eigenvalue weighted by atomic mass is 19.1. The quantitative estimate of drug-likeness (QED) is 0.199. The van der Waals surface area contributed by atoms with Gasteiger partial charge in [0.25, 0.3) is 11.5 Å². The summed E-state index contributed by atoms with van der Waals surface area (Å²) in [6, 6.07) is 12.2. The summed E-state index contributed by atoms with van der Waals surface area (Å²) < 4.78 is 41.2. The molecule has 2 aromatic carbocycles. The number of aryl methyl sites for hydroxylation is 1. The van der Waals surface area contributed by atoms with Crippen molar-refractivity contribution in [3.05, 3.63) is 100 Å². The number of benzene rings is 2. The van der Waals surface area contributed by atoms with E-state index >= 15 is 4.39 Å². The molecule has 0 aliphatic carbocycles. The van der Waals surface area contributed by atoms with E-state index in [-0.39, 0.29) is 23.0 Å². The molecule has 10 nitrogen and oxygen atoms in total. The van der Waals surface area contributed by atoms with Crippen molar-refractivity contribution in [2.75, 3.05) is 23.8 Å². The van der Waals surface area contributed by atoms with Crippen molar-refractivity contribution in [3.8, 4) is 17.2 Å². The maximum Gasteiger partial charge on any atom is 0.267 e. The van der Waals surface area contributed by atoms with Crippen LogP contribution in [0.5, 0.6) is 11.5 Å². The number of anilines is 2. The van der Waals surface area contributed by atoms with Gasteiger partial charge in [0.2, 0.25) is 0 Å². The first-order valence-corrected chi connectivity index (χ1v) is 13.2. The second kappa shape index (κ2) is 12.2. The summed E-state index contributed by atoms with van der Waals surface area (Å²) in [5.74, 6) is -1.21. The Kier molecular flexibility index (Phi) is 8.25. The SMILES string of the molecule is CCOC[C@H](C)Nc1n[nH]c2nccc(Oc3ccc(NC(=O)c4cc(C)cn(-c5ccc(F)cc5)c4=O)cc3F)c12. The number of pyridine rings is 2. The lowest BCUT2D eigenvalue weighted by molar-refractivity contribution is 0.102. The Labute approximate surface area is 239 Å². The number of aromatic nitrogens is 4. The van der Waals surface area contributed by atoms with E-state index in [0.29, 0.717) is 47.1 Å². The summed E-state index contributed by atoms with van der Waals surface area (Å²) in [5.41, 5.74) is 0.839. The highest BCUT2D eigenvalue weighted by molar-refractivity contribution is 6.04. The molecule has 3 aromatic heterocycles. The molecule has 0 saturated carbocycles. The number of H-pyrrole nitrogens is 1. The van der Waals surface area contributed by atoms with E-state index in [1.165, 1.54) is 53.2 Å². The zero-order valence-corrected chi connectivity index (χ0v) is 23.1. The van der Waals surface area contributed by atoms with Gasteiger partial charge >= 0.3 is 0 Å². The van der Waals surface area contributed by atoms with Gasteiger partial charge in [-0.15, -0.1) is 0 Å². The minimum Gasteiger partial charge on any atom is -0.453 e. The number of amides is 1. The highest BCUT2D eigenvalue weighted by Crippen LogP contribution is 2.34. The molecule has 0 fully saturated rings. The van der Waals surface area contributed by atoms with E-state index in [1.54, 1.807) is 19.2 Å². The fraction of sp³-hybridized carbons (Fsp3) is 0.200. The van der Waals surface area contributed by atoms with Gasteiger partial charge in [-0.25, -0.2) is 13.8 Å². The Morgan fingerprint density at radius 1 is 1.10 bits per heavy atom. The number of hydrogen-bond donors (Lipinski definition) is 3. The topological polar surface area (TPSA) is 123 Å². The predicted molar refractivity (Wildman–Crippen MR) is 155 cm³/mol. The van der Waals surface area contributed by atoms with Crippen LogP contribution in [-0.4, -0.2) is 44.9 Å². The molecule has 0 spiro atoms. The summed E-state index contributed by atoms with van der Waals surface area (Å²) in [4.78, 5) is 30.4. The number of fused-ring (bicyclic) bond motifs is 1. The summed E-state index contributed by atoms with van der Waals surface area (Å²) in [7, 11) is 0. The number of nitrogens with zero attached hydrogens (tertiary/aromatic N) is 3. The lowest BCUT2D eigenvalue weighted by Crippen LogP contribution is -2.28. The van der Waals surface area contributed by atoms with E-state index in [2.05, 4.69) is 25.8 Å². The van der Waals surface area contributed by atoms with Crippen molar-refractivity contribution in [2.45, 2.75) is 26.8 Å². The van der Waals surface area contributed by atoms with Crippen LogP contribution in [0.1, 0.15) is 29.8 Å².